The number of carbonyl (C=O) groups is 2. The molecule has 0 N–H and O–H groups in total. The van der Waals surface area contributed by atoms with E-state index >= 15 is 0 Å². The first-order valence-electron chi connectivity index (χ1n) is 8.92. The van der Waals surface area contributed by atoms with Gasteiger partial charge in [-0.1, -0.05) is 30.3 Å². The standard InChI is InChI=1S/C19H26N2O5/c1-18(2,3)25-17(23)26-21-11-9-19(10-12-21)14-20(16(22)24-19)13-15-7-5-4-6-8-15/h4-8H,9-14H2,1-3H3. The van der Waals surface area contributed by atoms with Crippen LogP contribution in [0.25, 0.3) is 0 Å². The summed E-state index contributed by atoms with van der Waals surface area (Å²) in [6.07, 6.45) is 0.248. The molecule has 2 aliphatic heterocycles. The van der Waals surface area contributed by atoms with Gasteiger partial charge in [0.2, 0.25) is 0 Å². The van der Waals surface area contributed by atoms with Crippen molar-refractivity contribution < 1.29 is 23.9 Å². The van der Waals surface area contributed by atoms with Crippen LogP contribution in [0.2, 0.25) is 0 Å². The van der Waals surface area contributed by atoms with E-state index in [9.17, 15) is 9.59 Å². The number of benzene rings is 1. The van der Waals surface area contributed by atoms with Gasteiger partial charge in [-0.25, -0.2) is 9.59 Å². The highest BCUT2D eigenvalue weighted by molar-refractivity contribution is 5.70. The van der Waals surface area contributed by atoms with Gasteiger partial charge < -0.3 is 14.3 Å². The molecular weight excluding hydrogens is 336 g/mol. The van der Waals surface area contributed by atoms with Crippen LogP contribution in [-0.2, 0) is 20.9 Å². The molecule has 0 aliphatic carbocycles. The molecule has 1 aromatic rings. The van der Waals surface area contributed by atoms with Gasteiger partial charge in [-0.3, -0.25) is 4.90 Å². The second kappa shape index (κ2) is 7.15. The zero-order valence-corrected chi connectivity index (χ0v) is 15.6. The number of nitrogens with zero attached hydrogens (tertiary/aromatic N) is 2. The Bertz CT molecular complexity index is 648. The van der Waals surface area contributed by atoms with E-state index < -0.39 is 17.4 Å². The van der Waals surface area contributed by atoms with Crippen molar-refractivity contribution in [2.24, 2.45) is 0 Å². The third-order valence-corrected chi connectivity index (χ3v) is 4.48. The van der Waals surface area contributed by atoms with Crippen LogP contribution in [0.4, 0.5) is 9.59 Å². The number of amides is 1. The van der Waals surface area contributed by atoms with Crippen molar-refractivity contribution in [3.8, 4) is 0 Å². The Labute approximate surface area is 153 Å². The van der Waals surface area contributed by atoms with Gasteiger partial charge in [0.05, 0.1) is 6.54 Å². The first kappa shape index (κ1) is 18.5. The summed E-state index contributed by atoms with van der Waals surface area (Å²) in [5, 5.41) is 1.58. The van der Waals surface area contributed by atoms with E-state index in [4.69, 9.17) is 14.3 Å². The Morgan fingerprint density at radius 3 is 2.46 bits per heavy atom. The highest BCUT2D eigenvalue weighted by Gasteiger charge is 2.47. The lowest BCUT2D eigenvalue weighted by molar-refractivity contribution is -0.170. The molecule has 0 unspecified atom stereocenters. The van der Waals surface area contributed by atoms with Crippen molar-refractivity contribution in [2.75, 3.05) is 19.6 Å². The maximum Gasteiger partial charge on any atom is 0.528 e. The highest BCUT2D eigenvalue weighted by Crippen LogP contribution is 2.34. The number of hydrogen-bond acceptors (Lipinski definition) is 6. The Kier molecular flexibility index (Phi) is 5.09. The zero-order valence-electron chi connectivity index (χ0n) is 15.6. The van der Waals surface area contributed by atoms with Crippen LogP contribution in [0.1, 0.15) is 39.2 Å². The second-order valence-electron chi connectivity index (χ2n) is 7.88. The van der Waals surface area contributed by atoms with Gasteiger partial charge in [-0.2, -0.15) is 0 Å². The van der Waals surface area contributed by atoms with Gasteiger partial charge in [-0.15, -0.1) is 5.06 Å². The van der Waals surface area contributed by atoms with E-state index in [0.717, 1.165) is 5.56 Å². The molecular formula is C19H26N2O5. The molecule has 0 radical (unpaired) electrons. The average molecular weight is 362 g/mol. The molecule has 3 rings (SSSR count). The van der Waals surface area contributed by atoms with Gasteiger partial charge in [-0.05, 0) is 26.3 Å². The smallest absolute Gasteiger partial charge is 0.441 e. The monoisotopic (exact) mass is 362 g/mol. The van der Waals surface area contributed by atoms with Crippen molar-refractivity contribution >= 4 is 12.2 Å². The summed E-state index contributed by atoms with van der Waals surface area (Å²) in [5.74, 6) is 0. The molecule has 0 saturated carbocycles. The fourth-order valence-corrected chi connectivity index (χ4v) is 3.24. The van der Waals surface area contributed by atoms with Gasteiger partial charge in [0.1, 0.15) is 11.2 Å². The van der Waals surface area contributed by atoms with E-state index in [1.54, 1.807) is 30.7 Å². The molecule has 2 heterocycles. The molecule has 1 spiro atoms. The van der Waals surface area contributed by atoms with E-state index in [-0.39, 0.29) is 6.09 Å². The van der Waals surface area contributed by atoms with Crippen LogP contribution >= 0.6 is 0 Å². The predicted molar refractivity (Wildman–Crippen MR) is 94.2 cm³/mol. The Balaban J connectivity index is 1.51. The van der Waals surface area contributed by atoms with E-state index in [0.29, 0.717) is 39.0 Å². The summed E-state index contributed by atoms with van der Waals surface area (Å²) in [7, 11) is 0. The van der Waals surface area contributed by atoms with Crippen LogP contribution in [0.3, 0.4) is 0 Å². The first-order chi connectivity index (χ1) is 12.2. The number of piperidine rings is 1. The molecule has 2 fully saturated rings. The topological polar surface area (TPSA) is 68.3 Å². The van der Waals surface area contributed by atoms with Crippen molar-refractivity contribution in [3.05, 3.63) is 35.9 Å². The fraction of sp³-hybridized carbons (Fsp3) is 0.579. The van der Waals surface area contributed by atoms with Crippen LogP contribution in [0, 0.1) is 0 Å². The van der Waals surface area contributed by atoms with Crippen LogP contribution in [0.15, 0.2) is 30.3 Å². The number of hydrogen-bond donors (Lipinski definition) is 0. The number of rotatable bonds is 3. The average Bonchev–Trinajstić information content (AvgIpc) is 2.85. The lowest BCUT2D eigenvalue weighted by atomic mass is 9.92. The molecule has 0 aromatic heterocycles. The molecule has 7 nitrogen and oxygen atoms in total. The normalized spacial score (nSPS) is 20.1. The largest absolute Gasteiger partial charge is 0.528 e. The predicted octanol–water partition coefficient (Wildman–Crippen LogP) is 3.34. The number of ether oxygens (including phenoxy) is 2. The van der Waals surface area contributed by atoms with E-state index in [1.807, 2.05) is 30.3 Å². The number of carbonyl (C=O) groups excluding carboxylic acids is 2. The minimum absolute atomic E-state index is 0.282. The summed E-state index contributed by atoms with van der Waals surface area (Å²) in [6.45, 7) is 7.48. The van der Waals surface area contributed by atoms with Gasteiger partial charge >= 0.3 is 12.2 Å². The Morgan fingerprint density at radius 1 is 1.19 bits per heavy atom. The summed E-state index contributed by atoms with van der Waals surface area (Å²) in [6, 6.07) is 9.86. The minimum Gasteiger partial charge on any atom is -0.441 e. The molecule has 26 heavy (non-hydrogen) atoms. The van der Waals surface area contributed by atoms with E-state index in [2.05, 4.69) is 0 Å². The molecule has 0 bridgehead atoms. The first-order valence-corrected chi connectivity index (χ1v) is 8.92. The van der Waals surface area contributed by atoms with Crippen LogP contribution in [-0.4, -0.2) is 53.0 Å². The highest BCUT2D eigenvalue weighted by atomic mass is 16.8. The molecule has 7 heteroatoms. The summed E-state index contributed by atoms with van der Waals surface area (Å²) in [5.41, 5.74) is -0.0145. The SMILES string of the molecule is CC(C)(C)OC(=O)ON1CCC2(CC1)CN(Cc1ccccc1)C(=O)O2. The minimum atomic E-state index is -0.706. The van der Waals surface area contributed by atoms with E-state index in [1.165, 1.54) is 0 Å². The lowest BCUT2D eigenvalue weighted by Crippen LogP contribution is -2.47. The Hall–Kier alpha value is -2.28. The Morgan fingerprint density at radius 2 is 1.85 bits per heavy atom. The van der Waals surface area contributed by atoms with Gasteiger partial charge in [0.25, 0.3) is 0 Å². The quantitative estimate of drug-likeness (QED) is 0.768. The van der Waals surface area contributed by atoms with Gasteiger partial charge in [0.15, 0.2) is 0 Å². The molecule has 2 aliphatic rings. The summed E-state index contributed by atoms with van der Waals surface area (Å²) in [4.78, 5) is 31.0. The fourth-order valence-electron chi connectivity index (χ4n) is 3.24. The third kappa shape index (κ3) is 4.66. The zero-order chi connectivity index (χ0) is 18.8. The van der Waals surface area contributed by atoms with Crippen molar-refractivity contribution in [1.29, 1.82) is 0 Å². The molecule has 142 valence electrons. The van der Waals surface area contributed by atoms with Crippen LogP contribution in [0.5, 0.6) is 0 Å². The lowest BCUT2D eigenvalue weighted by Gasteiger charge is -2.36. The molecule has 1 amide bonds. The molecule has 1 aromatic carbocycles. The third-order valence-electron chi connectivity index (χ3n) is 4.48. The van der Waals surface area contributed by atoms with Gasteiger partial charge in [0, 0.05) is 32.5 Å². The van der Waals surface area contributed by atoms with Crippen molar-refractivity contribution in [3.63, 3.8) is 0 Å². The van der Waals surface area contributed by atoms with Crippen molar-refractivity contribution in [2.45, 2.75) is 51.4 Å². The second-order valence-corrected chi connectivity index (χ2v) is 7.88. The molecule has 0 atom stereocenters. The summed E-state index contributed by atoms with van der Waals surface area (Å²) >= 11 is 0. The maximum atomic E-state index is 12.3. The maximum absolute atomic E-state index is 12.3. The van der Waals surface area contributed by atoms with Crippen LogP contribution < -0.4 is 0 Å². The number of hydroxylamine groups is 2. The molecule has 2 saturated heterocycles. The van der Waals surface area contributed by atoms with Crippen molar-refractivity contribution in [1.82, 2.24) is 9.96 Å². The summed E-state index contributed by atoms with van der Waals surface area (Å²) < 4.78 is 10.9.